The second kappa shape index (κ2) is 11.8. The van der Waals surface area contributed by atoms with Crippen molar-refractivity contribution in [1.82, 2.24) is 0 Å². The summed E-state index contributed by atoms with van der Waals surface area (Å²) in [6.45, 7) is 10.7. The number of hydrogen-bond donors (Lipinski definition) is 1. The molecule has 0 heterocycles. The third-order valence-electron chi connectivity index (χ3n) is 3.51. The van der Waals surface area contributed by atoms with Crippen LogP contribution < -0.4 is 0 Å². The molecule has 0 rings (SSSR count). The normalized spacial score (nSPS) is 13.2. The number of ketones is 3. The second-order valence-corrected chi connectivity index (χ2v) is 4.95. The Kier molecular flexibility index (Phi) is 12.5. The van der Waals surface area contributed by atoms with Gasteiger partial charge in [0, 0.05) is 25.2 Å². The van der Waals surface area contributed by atoms with Gasteiger partial charge in [-0.15, -0.1) is 0 Å². The molecule has 0 saturated heterocycles. The maximum absolute atomic E-state index is 11.0. The van der Waals surface area contributed by atoms with Crippen molar-refractivity contribution in [1.29, 1.82) is 0 Å². The van der Waals surface area contributed by atoms with Crippen LogP contribution in [0.5, 0.6) is 0 Å². The predicted molar refractivity (Wildman–Crippen MR) is 80.5 cm³/mol. The predicted octanol–water partition coefficient (Wildman–Crippen LogP) is 2.95. The lowest BCUT2D eigenvalue weighted by molar-refractivity contribution is -0.131. The van der Waals surface area contributed by atoms with Gasteiger partial charge in [0.05, 0.1) is 12.0 Å². The van der Waals surface area contributed by atoms with Gasteiger partial charge in [0.1, 0.15) is 17.3 Å². The second-order valence-electron chi connectivity index (χ2n) is 4.95. The minimum Gasteiger partial charge on any atom is -0.392 e. The largest absolute Gasteiger partial charge is 0.392 e. The van der Waals surface area contributed by atoms with Crippen molar-refractivity contribution in [2.24, 2.45) is 11.8 Å². The number of rotatable bonds is 8. The van der Waals surface area contributed by atoms with E-state index in [0.29, 0.717) is 25.7 Å². The minimum atomic E-state index is -0.451. The molecule has 4 nitrogen and oxygen atoms in total. The van der Waals surface area contributed by atoms with E-state index in [4.69, 9.17) is 0 Å². The number of aliphatic hydroxyl groups excluding tert-OH is 1. The Morgan fingerprint density at radius 3 is 1.40 bits per heavy atom. The molecule has 2 atom stereocenters. The lowest BCUT2D eigenvalue weighted by Gasteiger charge is -2.14. The summed E-state index contributed by atoms with van der Waals surface area (Å²) in [7, 11) is 0. The van der Waals surface area contributed by atoms with E-state index in [-0.39, 0.29) is 29.2 Å². The Bertz CT molecular complexity index is 294. The van der Waals surface area contributed by atoms with E-state index >= 15 is 0 Å². The summed E-state index contributed by atoms with van der Waals surface area (Å²) in [6.07, 6.45) is 1.66. The van der Waals surface area contributed by atoms with Gasteiger partial charge in [-0.25, -0.2) is 0 Å². The van der Waals surface area contributed by atoms with Crippen LogP contribution in [-0.4, -0.2) is 28.6 Å². The molecule has 0 radical (unpaired) electrons. The molecular formula is C16H30O4. The highest BCUT2D eigenvalue weighted by molar-refractivity contribution is 6.01. The topological polar surface area (TPSA) is 71.4 Å². The summed E-state index contributed by atoms with van der Waals surface area (Å²) in [6, 6.07) is 0. The summed E-state index contributed by atoms with van der Waals surface area (Å²) in [5, 5.41) is 9.21. The van der Waals surface area contributed by atoms with Crippen LogP contribution >= 0.6 is 0 Å². The Hall–Kier alpha value is -1.03. The van der Waals surface area contributed by atoms with E-state index in [2.05, 4.69) is 0 Å². The van der Waals surface area contributed by atoms with Crippen LogP contribution in [0.15, 0.2) is 0 Å². The fourth-order valence-corrected chi connectivity index (χ4v) is 1.68. The maximum Gasteiger partial charge on any atom is 0.142 e. The number of carbonyl (C=O) groups is 3. The average molecular weight is 286 g/mol. The first-order chi connectivity index (χ1) is 9.26. The van der Waals surface area contributed by atoms with Gasteiger partial charge < -0.3 is 5.11 Å². The fraction of sp³-hybridized carbons (Fsp3) is 0.812. The standard InChI is InChI=1S/C8H16O2.C8H14O2/c2*1-4-7(9)6(3)8(10)5-2/h6-7,9H,4-5H2,1-3H3;6H,4-5H2,1-3H3/t6-,7+;/m0./s1. The molecule has 0 spiro atoms. The number of hydrogen-bond acceptors (Lipinski definition) is 4. The molecule has 0 unspecified atom stereocenters. The molecule has 20 heavy (non-hydrogen) atoms. The van der Waals surface area contributed by atoms with Crippen molar-refractivity contribution in [2.45, 2.75) is 73.3 Å². The van der Waals surface area contributed by atoms with Gasteiger partial charge in [-0.1, -0.05) is 34.6 Å². The van der Waals surface area contributed by atoms with Crippen LogP contribution in [0.4, 0.5) is 0 Å². The van der Waals surface area contributed by atoms with Crippen molar-refractivity contribution in [3.8, 4) is 0 Å². The summed E-state index contributed by atoms with van der Waals surface area (Å²) in [5.74, 6) is -0.321. The van der Waals surface area contributed by atoms with E-state index in [0.717, 1.165) is 0 Å². The number of carbonyl (C=O) groups excluding carboxylic acids is 3. The van der Waals surface area contributed by atoms with Crippen LogP contribution in [0.1, 0.15) is 67.2 Å². The summed E-state index contributed by atoms with van der Waals surface area (Å²) < 4.78 is 0. The third-order valence-corrected chi connectivity index (χ3v) is 3.51. The zero-order valence-electron chi connectivity index (χ0n) is 13.7. The lowest BCUT2D eigenvalue weighted by Crippen LogP contribution is -2.24. The van der Waals surface area contributed by atoms with Crippen molar-refractivity contribution < 1.29 is 19.5 Å². The summed E-state index contributed by atoms with van der Waals surface area (Å²) in [5.41, 5.74) is 0. The van der Waals surface area contributed by atoms with E-state index < -0.39 is 6.10 Å². The van der Waals surface area contributed by atoms with Crippen molar-refractivity contribution in [2.75, 3.05) is 0 Å². The minimum absolute atomic E-state index is 0.0480. The summed E-state index contributed by atoms with van der Waals surface area (Å²) >= 11 is 0. The zero-order valence-corrected chi connectivity index (χ0v) is 13.7. The highest BCUT2D eigenvalue weighted by Crippen LogP contribution is 2.09. The van der Waals surface area contributed by atoms with Crippen molar-refractivity contribution >= 4 is 17.3 Å². The van der Waals surface area contributed by atoms with E-state index in [1.165, 1.54) is 0 Å². The highest BCUT2D eigenvalue weighted by Gasteiger charge is 2.18. The van der Waals surface area contributed by atoms with Gasteiger partial charge in [-0.2, -0.15) is 0 Å². The average Bonchev–Trinajstić information content (AvgIpc) is 2.50. The number of Topliss-reactive ketones (excluding diaryl/α,β-unsaturated/α-hetero) is 3. The van der Waals surface area contributed by atoms with Crippen LogP contribution in [0.25, 0.3) is 0 Å². The lowest BCUT2D eigenvalue weighted by atomic mass is 9.96. The molecule has 0 fully saturated rings. The molecule has 0 aromatic rings. The van der Waals surface area contributed by atoms with Crippen molar-refractivity contribution in [3.63, 3.8) is 0 Å². The van der Waals surface area contributed by atoms with E-state index in [1.54, 1.807) is 27.7 Å². The Balaban J connectivity index is 0. The Labute approximate surface area is 122 Å². The number of aliphatic hydroxyl groups is 1. The van der Waals surface area contributed by atoms with Crippen LogP contribution in [0, 0.1) is 11.8 Å². The maximum atomic E-state index is 11.0. The van der Waals surface area contributed by atoms with E-state index in [1.807, 2.05) is 13.8 Å². The van der Waals surface area contributed by atoms with Gasteiger partial charge >= 0.3 is 0 Å². The molecule has 0 aliphatic heterocycles. The van der Waals surface area contributed by atoms with Crippen LogP contribution in [-0.2, 0) is 14.4 Å². The molecule has 1 N–H and O–H groups in total. The molecule has 0 aromatic carbocycles. The summed E-state index contributed by atoms with van der Waals surface area (Å²) in [4.78, 5) is 32.7. The molecule has 118 valence electrons. The SMILES string of the molecule is CCC(=O)C(C)C(=O)CC.CCC(=O)[C@@H](C)[C@H](O)CC. The van der Waals surface area contributed by atoms with Gasteiger partial charge in [-0.3, -0.25) is 14.4 Å². The molecule has 0 aliphatic rings. The van der Waals surface area contributed by atoms with Crippen LogP contribution in [0.2, 0.25) is 0 Å². The molecule has 4 heteroatoms. The first-order valence-electron chi connectivity index (χ1n) is 7.52. The monoisotopic (exact) mass is 286 g/mol. The molecule has 0 saturated carbocycles. The Morgan fingerprint density at radius 2 is 1.15 bits per heavy atom. The van der Waals surface area contributed by atoms with Crippen molar-refractivity contribution in [3.05, 3.63) is 0 Å². The molecule has 0 amide bonds. The Morgan fingerprint density at radius 1 is 0.800 bits per heavy atom. The van der Waals surface area contributed by atoms with E-state index in [9.17, 15) is 19.5 Å². The smallest absolute Gasteiger partial charge is 0.142 e. The third kappa shape index (κ3) is 8.20. The van der Waals surface area contributed by atoms with Crippen LogP contribution in [0.3, 0.4) is 0 Å². The quantitative estimate of drug-likeness (QED) is 0.696. The van der Waals surface area contributed by atoms with Gasteiger partial charge in [-0.05, 0) is 13.3 Å². The molecule has 0 aliphatic carbocycles. The van der Waals surface area contributed by atoms with Gasteiger partial charge in [0.25, 0.3) is 0 Å². The van der Waals surface area contributed by atoms with Gasteiger partial charge in [0.2, 0.25) is 0 Å². The van der Waals surface area contributed by atoms with Gasteiger partial charge in [0.15, 0.2) is 0 Å². The highest BCUT2D eigenvalue weighted by atomic mass is 16.3. The first-order valence-corrected chi connectivity index (χ1v) is 7.52. The zero-order chi connectivity index (χ0) is 16.3. The molecular weight excluding hydrogens is 256 g/mol. The fourth-order valence-electron chi connectivity index (χ4n) is 1.68. The first kappa shape index (κ1) is 21.3. The molecule has 0 aromatic heterocycles. The molecule has 0 bridgehead atoms.